The normalized spacial score (nSPS) is 19.0. The summed E-state index contributed by atoms with van der Waals surface area (Å²) in [4.78, 5) is 20.0. The molecule has 0 unspecified atom stereocenters. The van der Waals surface area contributed by atoms with Gasteiger partial charge in [0.25, 0.3) is 0 Å². The largest absolute Gasteiger partial charge is 0.507 e. The molecule has 2 aromatic carbocycles. The van der Waals surface area contributed by atoms with Gasteiger partial charge in [-0.3, -0.25) is 14.7 Å². The van der Waals surface area contributed by atoms with Crippen LogP contribution in [0.25, 0.3) is 6.08 Å². The van der Waals surface area contributed by atoms with Crippen molar-refractivity contribution < 1.29 is 19.4 Å². The number of fused-ring (bicyclic) bond motifs is 1. The molecule has 1 N–H and O–H groups in total. The van der Waals surface area contributed by atoms with Gasteiger partial charge < -0.3 is 14.6 Å². The Labute approximate surface area is 205 Å². The van der Waals surface area contributed by atoms with Gasteiger partial charge in [-0.15, -0.1) is 0 Å². The van der Waals surface area contributed by atoms with E-state index < -0.39 is 0 Å². The fourth-order valence-corrected chi connectivity index (χ4v) is 5.05. The van der Waals surface area contributed by atoms with Crippen LogP contribution < -0.4 is 9.47 Å². The molecular weight excluding hydrogens is 440 g/mol. The Morgan fingerprint density at radius 1 is 1.23 bits per heavy atom. The summed E-state index contributed by atoms with van der Waals surface area (Å²) in [5, 5.41) is 10.9. The number of ether oxygens (including phenoxy) is 2. The summed E-state index contributed by atoms with van der Waals surface area (Å²) >= 11 is 0. The number of hydrogen-bond acceptors (Lipinski definition) is 6. The lowest BCUT2D eigenvalue weighted by Crippen LogP contribution is -2.33. The number of pyridine rings is 1. The summed E-state index contributed by atoms with van der Waals surface area (Å²) in [7, 11) is 0. The molecule has 0 spiro atoms. The number of aryl methyl sites for hydroxylation is 1. The topological polar surface area (TPSA) is 71.9 Å². The number of hydrogen-bond donors (Lipinski definition) is 1. The third-order valence-corrected chi connectivity index (χ3v) is 6.75. The van der Waals surface area contributed by atoms with Crippen LogP contribution in [-0.4, -0.2) is 33.9 Å². The monoisotopic (exact) mass is 470 g/mol. The van der Waals surface area contributed by atoms with Gasteiger partial charge in [0.05, 0.1) is 17.7 Å². The van der Waals surface area contributed by atoms with Gasteiger partial charge in [-0.05, 0) is 80.3 Å². The molecule has 1 fully saturated rings. The number of Topliss-reactive ketones (excluding diaryl/α,β-unsaturated/α-hetero) is 1. The van der Waals surface area contributed by atoms with E-state index in [-0.39, 0.29) is 23.3 Å². The molecule has 2 aliphatic heterocycles. The number of phenolic OH excluding ortho intramolecular Hbond substituents is 1. The van der Waals surface area contributed by atoms with Crippen LogP contribution in [-0.2, 0) is 6.54 Å². The van der Waals surface area contributed by atoms with Gasteiger partial charge >= 0.3 is 0 Å². The molecule has 3 heterocycles. The molecule has 0 saturated carbocycles. The molecular formula is C29H30N2O4. The van der Waals surface area contributed by atoms with E-state index in [1.54, 1.807) is 18.3 Å². The van der Waals surface area contributed by atoms with Crippen molar-refractivity contribution in [2.24, 2.45) is 0 Å². The molecule has 6 nitrogen and oxygen atoms in total. The first-order valence-corrected chi connectivity index (χ1v) is 12.2. The summed E-state index contributed by atoms with van der Waals surface area (Å²) in [5.41, 5.74) is 3.92. The average Bonchev–Trinajstić information content (AvgIpc) is 3.20. The Balaban J connectivity index is 1.46. The van der Waals surface area contributed by atoms with E-state index in [0.717, 1.165) is 37.1 Å². The van der Waals surface area contributed by atoms with Gasteiger partial charge in [-0.25, -0.2) is 0 Å². The standard InChI is InChI=1S/C29H30N2O4/c1-3-34-22-11-9-20(10-12-22)16-26-28(33)27-19(2)15-25(32)23(29(27)35-26)18-31-14-5-4-8-24(31)21-7-6-13-30-17-21/h6-7,9-13,15-17,24,32H,3-5,8,14,18H2,1-2H3/b26-16-/t24-/m0/s1. The number of nitrogens with zero attached hydrogens (tertiary/aromatic N) is 2. The summed E-state index contributed by atoms with van der Waals surface area (Å²) in [6.07, 6.45) is 8.72. The molecule has 1 saturated heterocycles. The van der Waals surface area contributed by atoms with E-state index in [9.17, 15) is 9.90 Å². The highest BCUT2D eigenvalue weighted by molar-refractivity contribution is 6.15. The molecule has 3 aromatic rings. The number of benzene rings is 2. The number of piperidine rings is 1. The van der Waals surface area contributed by atoms with Crippen LogP contribution in [0.1, 0.15) is 64.8 Å². The zero-order valence-corrected chi connectivity index (χ0v) is 20.2. The Bertz CT molecular complexity index is 1250. The molecule has 0 bridgehead atoms. The lowest BCUT2D eigenvalue weighted by Gasteiger charge is -2.36. The van der Waals surface area contributed by atoms with Crippen molar-refractivity contribution in [3.8, 4) is 17.2 Å². The number of carbonyl (C=O) groups excluding carboxylic acids is 1. The maximum atomic E-state index is 13.3. The molecule has 0 radical (unpaired) electrons. The van der Waals surface area contributed by atoms with Gasteiger partial charge in [0, 0.05) is 25.0 Å². The highest BCUT2D eigenvalue weighted by Gasteiger charge is 2.35. The van der Waals surface area contributed by atoms with Crippen LogP contribution in [0, 0.1) is 6.92 Å². The van der Waals surface area contributed by atoms with Crippen molar-refractivity contribution in [2.75, 3.05) is 13.2 Å². The molecule has 2 aliphatic rings. The molecule has 35 heavy (non-hydrogen) atoms. The fourth-order valence-electron chi connectivity index (χ4n) is 5.05. The Kier molecular flexibility index (Phi) is 6.55. The van der Waals surface area contributed by atoms with E-state index in [1.807, 2.05) is 50.4 Å². The molecule has 1 aromatic heterocycles. The second-order valence-corrected chi connectivity index (χ2v) is 9.11. The average molecular weight is 471 g/mol. The lowest BCUT2D eigenvalue weighted by atomic mass is 9.94. The summed E-state index contributed by atoms with van der Waals surface area (Å²) in [6.45, 7) is 5.78. The Hall–Kier alpha value is -3.64. The zero-order chi connectivity index (χ0) is 24.4. The van der Waals surface area contributed by atoms with Crippen molar-refractivity contribution in [1.82, 2.24) is 9.88 Å². The minimum Gasteiger partial charge on any atom is -0.507 e. The number of likely N-dealkylation sites (tertiary alicyclic amines) is 1. The zero-order valence-electron chi connectivity index (χ0n) is 20.2. The first kappa shape index (κ1) is 23.1. The van der Waals surface area contributed by atoms with Crippen LogP contribution in [0.15, 0.2) is 60.6 Å². The third kappa shape index (κ3) is 4.66. The van der Waals surface area contributed by atoms with Crippen molar-refractivity contribution in [2.45, 2.75) is 45.7 Å². The minimum atomic E-state index is -0.157. The van der Waals surface area contributed by atoms with E-state index in [0.29, 0.717) is 35.6 Å². The van der Waals surface area contributed by atoms with Crippen molar-refractivity contribution >= 4 is 11.9 Å². The maximum Gasteiger partial charge on any atom is 0.232 e. The van der Waals surface area contributed by atoms with E-state index >= 15 is 0 Å². The van der Waals surface area contributed by atoms with Crippen LogP contribution in [0.4, 0.5) is 0 Å². The first-order chi connectivity index (χ1) is 17.0. The van der Waals surface area contributed by atoms with E-state index in [1.165, 1.54) is 5.56 Å². The van der Waals surface area contributed by atoms with Crippen LogP contribution in [0.3, 0.4) is 0 Å². The molecule has 6 heteroatoms. The smallest absolute Gasteiger partial charge is 0.232 e. The van der Waals surface area contributed by atoms with Gasteiger partial charge in [0.15, 0.2) is 5.76 Å². The SMILES string of the molecule is CCOc1ccc(/C=C2\Oc3c(CN4CCCC[C@H]4c4cccnc4)c(O)cc(C)c3C2=O)cc1. The summed E-state index contributed by atoms with van der Waals surface area (Å²) in [5.74, 6) is 1.52. The number of aromatic hydroxyl groups is 1. The van der Waals surface area contributed by atoms with Crippen LogP contribution in [0.5, 0.6) is 17.2 Å². The second kappa shape index (κ2) is 9.92. The first-order valence-electron chi connectivity index (χ1n) is 12.2. The lowest BCUT2D eigenvalue weighted by molar-refractivity contribution is 0.101. The molecule has 5 rings (SSSR count). The number of aromatic nitrogens is 1. The van der Waals surface area contributed by atoms with Gasteiger partial charge in [-0.1, -0.05) is 24.6 Å². The Morgan fingerprint density at radius 3 is 2.80 bits per heavy atom. The van der Waals surface area contributed by atoms with E-state index in [4.69, 9.17) is 9.47 Å². The third-order valence-electron chi connectivity index (χ3n) is 6.75. The molecule has 1 atom stereocenters. The highest BCUT2D eigenvalue weighted by Crippen LogP contribution is 2.44. The van der Waals surface area contributed by atoms with Gasteiger partial charge in [0.1, 0.15) is 17.2 Å². The van der Waals surface area contributed by atoms with Gasteiger partial charge in [-0.2, -0.15) is 0 Å². The highest BCUT2D eigenvalue weighted by atomic mass is 16.5. The fraction of sp³-hybridized carbons (Fsp3) is 0.310. The Morgan fingerprint density at radius 2 is 2.06 bits per heavy atom. The van der Waals surface area contributed by atoms with Gasteiger partial charge in [0.2, 0.25) is 5.78 Å². The van der Waals surface area contributed by atoms with E-state index in [2.05, 4.69) is 16.0 Å². The summed E-state index contributed by atoms with van der Waals surface area (Å²) < 4.78 is 11.7. The minimum absolute atomic E-state index is 0.157. The predicted molar refractivity (Wildman–Crippen MR) is 135 cm³/mol. The number of allylic oxidation sites excluding steroid dienone is 1. The van der Waals surface area contributed by atoms with Crippen molar-refractivity contribution in [3.63, 3.8) is 0 Å². The number of rotatable bonds is 6. The second-order valence-electron chi connectivity index (χ2n) is 9.11. The number of ketones is 1. The van der Waals surface area contributed by atoms with Crippen LogP contribution in [0.2, 0.25) is 0 Å². The summed E-state index contributed by atoms with van der Waals surface area (Å²) in [6, 6.07) is 13.5. The predicted octanol–water partition coefficient (Wildman–Crippen LogP) is 5.84. The molecule has 0 aliphatic carbocycles. The van der Waals surface area contributed by atoms with Crippen LogP contribution >= 0.6 is 0 Å². The van der Waals surface area contributed by atoms with Crippen molar-refractivity contribution in [3.05, 3.63) is 88.4 Å². The van der Waals surface area contributed by atoms with Crippen molar-refractivity contribution in [1.29, 1.82) is 0 Å². The number of phenols is 1. The molecule has 0 amide bonds. The quantitative estimate of drug-likeness (QED) is 0.457. The molecule has 180 valence electrons. The maximum absolute atomic E-state index is 13.3. The number of carbonyl (C=O) groups is 1.